The van der Waals surface area contributed by atoms with Crippen molar-refractivity contribution in [3.8, 4) is 5.75 Å². The van der Waals surface area contributed by atoms with E-state index in [2.05, 4.69) is 5.32 Å². The summed E-state index contributed by atoms with van der Waals surface area (Å²) in [7, 11) is 0. The first-order valence-corrected chi connectivity index (χ1v) is 8.84. The minimum atomic E-state index is -1.14. The van der Waals surface area contributed by atoms with Crippen molar-refractivity contribution in [2.45, 2.75) is 39.3 Å². The Bertz CT molecular complexity index is 971. The zero-order valence-electron chi connectivity index (χ0n) is 16.1. The summed E-state index contributed by atoms with van der Waals surface area (Å²) in [5.41, 5.74) is -0.0114. The van der Waals surface area contributed by atoms with Crippen molar-refractivity contribution in [2.24, 2.45) is 0 Å². The van der Waals surface area contributed by atoms with Gasteiger partial charge >= 0.3 is 0 Å². The number of amides is 2. The summed E-state index contributed by atoms with van der Waals surface area (Å²) in [4.78, 5) is 38.9. The van der Waals surface area contributed by atoms with Gasteiger partial charge in [-0.05, 0) is 58.0 Å². The lowest BCUT2D eigenvalue weighted by molar-refractivity contribution is -0.130. The molecule has 0 fully saturated rings. The van der Waals surface area contributed by atoms with E-state index in [9.17, 15) is 18.8 Å². The summed E-state index contributed by atoms with van der Waals surface area (Å²) in [6.45, 7) is 6.10. The third kappa shape index (κ3) is 3.35. The molecule has 28 heavy (non-hydrogen) atoms. The summed E-state index contributed by atoms with van der Waals surface area (Å²) in [6.07, 6.45) is -1.01. The van der Waals surface area contributed by atoms with Crippen LogP contribution in [0.15, 0.2) is 42.5 Å². The van der Waals surface area contributed by atoms with E-state index in [1.165, 1.54) is 24.8 Å². The van der Waals surface area contributed by atoms with Crippen LogP contribution in [-0.4, -0.2) is 29.2 Å². The van der Waals surface area contributed by atoms with Gasteiger partial charge in [0, 0.05) is 0 Å². The molecule has 1 aliphatic rings. The standard InChI is InChI=1S/C21H21FN2O4/c1-12(25)15-11-14(22)9-10-18(15)28-13(2)19(26)24-17-8-6-5-7-16(17)23-20(27)21(24,3)4/h5-11,13H,1-4H3,(H,23,27)/t13-/m0/s1. The fourth-order valence-electron chi connectivity index (χ4n) is 3.15. The highest BCUT2D eigenvalue weighted by molar-refractivity contribution is 6.15. The van der Waals surface area contributed by atoms with Crippen LogP contribution < -0.4 is 15.0 Å². The van der Waals surface area contributed by atoms with Gasteiger partial charge < -0.3 is 10.1 Å². The number of benzene rings is 2. The molecular formula is C21H21FN2O4. The van der Waals surface area contributed by atoms with Crippen LogP contribution in [0.25, 0.3) is 0 Å². The number of halogens is 1. The maximum Gasteiger partial charge on any atom is 0.268 e. The fourth-order valence-corrected chi connectivity index (χ4v) is 3.15. The molecule has 0 unspecified atom stereocenters. The van der Waals surface area contributed by atoms with E-state index < -0.39 is 23.4 Å². The molecule has 0 saturated heterocycles. The number of ketones is 1. The van der Waals surface area contributed by atoms with E-state index in [0.717, 1.165) is 12.1 Å². The normalized spacial score (nSPS) is 16.0. The van der Waals surface area contributed by atoms with Gasteiger partial charge in [-0.3, -0.25) is 19.3 Å². The highest BCUT2D eigenvalue weighted by Gasteiger charge is 2.45. The maximum absolute atomic E-state index is 13.5. The van der Waals surface area contributed by atoms with Crippen LogP contribution in [0.1, 0.15) is 38.1 Å². The third-order valence-electron chi connectivity index (χ3n) is 4.70. The summed E-state index contributed by atoms with van der Waals surface area (Å²) in [6, 6.07) is 10.5. The quantitative estimate of drug-likeness (QED) is 0.818. The van der Waals surface area contributed by atoms with Crippen LogP contribution in [0.2, 0.25) is 0 Å². The minimum Gasteiger partial charge on any atom is -0.480 e. The van der Waals surface area contributed by atoms with E-state index in [0.29, 0.717) is 11.4 Å². The smallest absolute Gasteiger partial charge is 0.268 e. The molecule has 2 aromatic carbocycles. The molecule has 0 spiro atoms. The van der Waals surface area contributed by atoms with Crippen LogP contribution in [0.5, 0.6) is 5.75 Å². The Kier molecular flexibility index (Phi) is 4.93. The molecule has 1 atom stereocenters. The zero-order valence-corrected chi connectivity index (χ0v) is 16.1. The molecule has 1 aliphatic heterocycles. The number of ether oxygens (including phenoxy) is 1. The second kappa shape index (κ2) is 7.07. The lowest BCUT2D eigenvalue weighted by atomic mass is 9.95. The summed E-state index contributed by atoms with van der Waals surface area (Å²) in [5, 5.41) is 2.79. The van der Waals surface area contributed by atoms with Crippen molar-refractivity contribution in [2.75, 3.05) is 10.2 Å². The Morgan fingerprint density at radius 1 is 1.18 bits per heavy atom. The molecule has 1 N–H and O–H groups in total. The molecule has 0 saturated carbocycles. The van der Waals surface area contributed by atoms with Crippen molar-refractivity contribution in [3.05, 3.63) is 53.8 Å². The number of carbonyl (C=O) groups excluding carboxylic acids is 3. The zero-order chi connectivity index (χ0) is 20.6. The average Bonchev–Trinajstić information content (AvgIpc) is 2.63. The van der Waals surface area contributed by atoms with E-state index in [4.69, 9.17) is 4.74 Å². The number of para-hydroxylation sites is 2. The lowest BCUT2D eigenvalue weighted by Gasteiger charge is -2.42. The van der Waals surface area contributed by atoms with Crippen molar-refractivity contribution >= 4 is 29.0 Å². The van der Waals surface area contributed by atoms with Gasteiger partial charge in [-0.25, -0.2) is 4.39 Å². The summed E-state index contributed by atoms with van der Waals surface area (Å²) >= 11 is 0. The maximum atomic E-state index is 13.5. The van der Waals surface area contributed by atoms with E-state index in [-0.39, 0.29) is 23.0 Å². The van der Waals surface area contributed by atoms with E-state index in [1.54, 1.807) is 38.1 Å². The van der Waals surface area contributed by atoms with Crippen LogP contribution in [-0.2, 0) is 9.59 Å². The molecule has 1 heterocycles. The van der Waals surface area contributed by atoms with Gasteiger partial charge in [-0.1, -0.05) is 12.1 Å². The molecule has 2 aromatic rings. The molecule has 0 aliphatic carbocycles. The molecule has 0 aromatic heterocycles. The number of anilines is 2. The van der Waals surface area contributed by atoms with Gasteiger partial charge in [-0.2, -0.15) is 0 Å². The highest BCUT2D eigenvalue weighted by atomic mass is 19.1. The number of nitrogens with zero attached hydrogens (tertiary/aromatic N) is 1. The monoisotopic (exact) mass is 384 g/mol. The molecule has 146 valence electrons. The first kappa shape index (κ1) is 19.5. The number of fused-ring (bicyclic) bond motifs is 1. The molecule has 7 heteroatoms. The number of carbonyl (C=O) groups is 3. The van der Waals surface area contributed by atoms with Crippen molar-refractivity contribution in [1.29, 1.82) is 0 Å². The Morgan fingerprint density at radius 3 is 2.54 bits per heavy atom. The topological polar surface area (TPSA) is 75.7 Å². The Hall–Kier alpha value is -3.22. The first-order valence-electron chi connectivity index (χ1n) is 8.84. The third-order valence-corrected chi connectivity index (χ3v) is 4.70. The molecule has 0 radical (unpaired) electrons. The van der Waals surface area contributed by atoms with Crippen molar-refractivity contribution < 1.29 is 23.5 Å². The molecule has 0 bridgehead atoms. The van der Waals surface area contributed by atoms with Crippen LogP contribution >= 0.6 is 0 Å². The number of hydrogen-bond acceptors (Lipinski definition) is 4. The molecule has 3 rings (SSSR count). The molecule has 2 amide bonds. The Labute approximate surface area is 162 Å². The first-order chi connectivity index (χ1) is 13.1. The van der Waals surface area contributed by atoms with Gasteiger partial charge in [0.05, 0.1) is 16.9 Å². The van der Waals surface area contributed by atoms with Crippen LogP contribution in [0, 0.1) is 5.82 Å². The largest absolute Gasteiger partial charge is 0.480 e. The molecular weight excluding hydrogens is 363 g/mol. The van der Waals surface area contributed by atoms with Gasteiger partial charge in [0.1, 0.15) is 17.1 Å². The fraction of sp³-hybridized carbons (Fsp3) is 0.286. The van der Waals surface area contributed by atoms with Gasteiger partial charge in [0.2, 0.25) is 5.91 Å². The van der Waals surface area contributed by atoms with Crippen LogP contribution in [0.3, 0.4) is 0 Å². The second-order valence-electron chi connectivity index (χ2n) is 7.16. The number of rotatable bonds is 4. The van der Waals surface area contributed by atoms with Gasteiger partial charge in [-0.15, -0.1) is 0 Å². The van der Waals surface area contributed by atoms with E-state index >= 15 is 0 Å². The Morgan fingerprint density at radius 2 is 1.86 bits per heavy atom. The minimum absolute atomic E-state index is 0.0516. The number of nitrogens with one attached hydrogen (secondary N) is 1. The van der Waals surface area contributed by atoms with Crippen molar-refractivity contribution in [1.82, 2.24) is 0 Å². The lowest BCUT2D eigenvalue weighted by Crippen LogP contribution is -2.60. The Balaban J connectivity index is 1.95. The molecule has 6 nitrogen and oxygen atoms in total. The SMILES string of the molecule is CC(=O)c1cc(F)ccc1O[C@@H](C)C(=O)N1c2ccccc2NC(=O)C1(C)C. The van der Waals surface area contributed by atoms with E-state index in [1.807, 2.05) is 0 Å². The second-order valence-corrected chi connectivity index (χ2v) is 7.16. The van der Waals surface area contributed by atoms with Gasteiger partial charge in [0.15, 0.2) is 11.9 Å². The van der Waals surface area contributed by atoms with Crippen LogP contribution in [0.4, 0.5) is 15.8 Å². The predicted molar refractivity (Wildman–Crippen MR) is 103 cm³/mol. The number of hydrogen-bond donors (Lipinski definition) is 1. The predicted octanol–water partition coefficient (Wildman–Crippen LogP) is 3.56. The summed E-state index contributed by atoms with van der Waals surface area (Å²) < 4.78 is 19.2. The average molecular weight is 384 g/mol. The number of Topliss-reactive ketones (excluding diaryl/α,β-unsaturated/α-hetero) is 1. The van der Waals surface area contributed by atoms with Gasteiger partial charge in [0.25, 0.3) is 5.91 Å². The highest BCUT2D eigenvalue weighted by Crippen LogP contribution is 2.37. The summed E-state index contributed by atoms with van der Waals surface area (Å²) in [5.74, 6) is -1.61. The van der Waals surface area contributed by atoms with Crippen molar-refractivity contribution in [3.63, 3.8) is 0 Å².